The number of amidine groups is 1. The highest BCUT2D eigenvalue weighted by atomic mass is 79.9. The molecule has 0 fully saturated rings. The van der Waals surface area contributed by atoms with Crippen LogP contribution in [0.15, 0.2) is 52.0 Å². The molecule has 2 aromatic rings. The van der Waals surface area contributed by atoms with E-state index in [0.717, 1.165) is 15.6 Å². The van der Waals surface area contributed by atoms with Crippen molar-refractivity contribution in [3.63, 3.8) is 0 Å². The zero-order valence-corrected chi connectivity index (χ0v) is 18.5. The van der Waals surface area contributed by atoms with Gasteiger partial charge in [0.1, 0.15) is 12.0 Å². The highest BCUT2D eigenvalue weighted by molar-refractivity contribution is 9.10. The Labute approximate surface area is 181 Å². The van der Waals surface area contributed by atoms with Gasteiger partial charge in [0.15, 0.2) is 16.7 Å². The van der Waals surface area contributed by atoms with Crippen molar-refractivity contribution in [1.82, 2.24) is 10.3 Å². The molecule has 1 aliphatic rings. The fourth-order valence-corrected chi connectivity index (χ4v) is 4.07. The minimum atomic E-state index is -0.399. The number of thioether (sulfide) groups is 1. The van der Waals surface area contributed by atoms with Gasteiger partial charge in [-0.15, -0.1) is 5.10 Å². The van der Waals surface area contributed by atoms with Crippen LogP contribution in [0.3, 0.4) is 0 Å². The van der Waals surface area contributed by atoms with Crippen LogP contribution < -0.4 is 14.8 Å². The predicted octanol–water partition coefficient (Wildman–Crippen LogP) is 4.04. The van der Waals surface area contributed by atoms with Gasteiger partial charge in [0.25, 0.3) is 0 Å². The number of amides is 2. The van der Waals surface area contributed by atoms with Gasteiger partial charge in [-0.2, -0.15) is 0 Å². The zero-order chi connectivity index (χ0) is 21.0. The van der Waals surface area contributed by atoms with E-state index in [1.165, 1.54) is 30.6 Å². The Bertz CT molecular complexity index is 949. The first-order valence-electron chi connectivity index (χ1n) is 8.75. The fourth-order valence-electron chi connectivity index (χ4n) is 2.68. The number of carbonyl (C=O) groups excluding carboxylic acids is 2. The molecule has 1 heterocycles. The minimum absolute atomic E-state index is 0.225. The molecule has 0 aliphatic carbocycles. The molecule has 0 spiro atoms. The molecular formula is C20H20BrN3O4S. The molecule has 3 rings (SSSR count). The third-order valence-electron chi connectivity index (χ3n) is 4.03. The minimum Gasteiger partial charge on any atom is -0.493 e. The summed E-state index contributed by atoms with van der Waals surface area (Å²) in [6.07, 6.45) is 0. The van der Waals surface area contributed by atoms with Crippen molar-refractivity contribution < 1.29 is 19.1 Å². The molecule has 0 aromatic heterocycles. The lowest BCUT2D eigenvalue weighted by atomic mass is 10.2. The second-order valence-corrected chi connectivity index (χ2v) is 8.23. The van der Waals surface area contributed by atoms with E-state index in [0.29, 0.717) is 23.3 Å². The largest absolute Gasteiger partial charge is 0.493 e. The smallest absolute Gasteiger partial charge is 0.241 e. The maximum atomic E-state index is 12.0. The number of methoxy groups -OCH3 is 1. The van der Waals surface area contributed by atoms with Crippen LogP contribution in [-0.2, 0) is 16.2 Å². The van der Waals surface area contributed by atoms with Gasteiger partial charge in [-0.25, -0.2) is 5.01 Å². The Hall–Kier alpha value is -2.52. The summed E-state index contributed by atoms with van der Waals surface area (Å²) in [7, 11) is 1.56. The lowest BCUT2D eigenvalue weighted by molar-refractivity contribution is -0.129. The molecule has 152 valence electrons. The molecule has 0 bridgehead atoms. The van der Waals surface area contributed by atoms with E-state index in [2.05, 4.69) is 26.3 Å². The normalized spacial score (nSPS) is 15.7. The van der Waals surface area contributed by atoms with Crippen LogP contribution in [0.25, 0.3) is 0 Å². The molecule has 1 aliphatic heterocycles. The number of benzene rings is 2. The number of rotatable bonds is 5. The Morgan fingerprint density at radius 1 is 1.17 bits per heavy atom. The van der Waals surface area contributed by atoms with Gasteiger partial charge >= 0.3 is 0 Å². The van der Waals surface area contributed by atoms with Crippen LogP contribution in [0.2, 0.25) is 0 Å². The summed E-state index contributed by atoms with van der Waals surface area (Å²) in [6.45, 7) is 3.23. The Kier molecular flexibility index (Phi) is 6.81. The van der Waals surface area contributed by atoms with Gasteiger partial charge in [0.05, 0.1) is 7.11 Å². The number of carbonyl (C=O) groups is 2. The summed E-state index contributed by atoms with van der Waals surface area (Å²) >= 11 is 4.70. The molecule has 0 saturated heterocycles. The molecule has 1 N–H and O–H groups in total. The molecule has 2 aromatic carbocycles. The van der Waals surface area contributed by atoms with Gasteiger partial charge in [-0.05, 0) is 35.4 Å². The third-order valence-corrected chi connectivity index (χ3v) is 5.66. The van der Waals surface area contributed by atoms with Crippen molar-refractivity contribution >= 4 is 44.7 Å². The molecule has 0 saturated carbocycles. The van der Waals surface area contributed by atoms with E-state index in [9.17, 15) is 9.59 Å². The number of ether oxygens (including phenoxy) is 2. The number of hydrogen-bond donors (Lipinski definition) is 1. The summed E-state index contributed by atoms with van der Waals surface area (Å²) in [4.78, 5) is 23.3. The number of nitrogens with zero attached hydrogens (tertiary/aromatic N) is 2. The molecule has 29 heavy (non-hydrogen) atoms. The average Bonchev–Trinajstić information content (AvgIpc) is 3.11. The van der Waals surface area contributed by atoms with E-state index in [1.807, 2.05) is 42.5 Å². The molecule has 0 radical (unpaired) electrons. The van der Waals surface area contributed by atoms with Crippen molar-refractivity contribution in [1.29, 1.82) is 0 Å². The quantitative estimate of drug-likeness (QED) is 0.702. The second-order valence-electron chi connectivity index (χ2n) is 6.25. The number of halogens is 1. The summed E-state index contributed by atoms with van der Waals surface area (Å²) in [6, 6.07) is 13.4. The second kappa shape index (κ2) is 9.32. The lowest BCUT2D eigenvalue weighted by Crippen LogP contribution is -2.25. The number of hydrazone groups is 1. The van der Waals surface area contributed by atoms with Crippen LogP contribution in [0.5, 0.6) is 11.5 Å². The van der Waals surface area contributed by atoms with E-state index in [4.69, 9.17) is 9.47 Å². The topological polar surface area (TPSA) is 80.2 Å². The van der Waals surface area contributed by atoms with Gasteiger partial charge in [-0.3, -0.25) is 9.59 Å². The molecule has 7 nitrogen and oxygen atoms in total. The molecule has 1 unspecified atom stereocenters. The van der Waals surface area contributed by atoms with Gasteiger partial charge in [0.2, 0.25) is 11.8 Å². The Morgan fingerprint density at radius 2 is 1.90 bits per heavy atom. The first-order valence-corrected chi connectivity index (χ1v) is 10.4. The first kappa shape index (κ1) is 21.2. The van der Waals surface area contributed by atoms with Gasteiger partial charge < -0.3 is 14.8 Å². The SMILES string of the molecule is COc1cc(C2SC(NC(C)=O)=NN2C(C)=O)ccc1OCc1ccc(Br)cc1. The number of nitrogens with one attached hydrogen (secondary N) is 1. The molecule has 2 amide bonds. The van der Waals surface area contributed by atoms with Gasteiger partial charge in [0, 0.05) is 18.3 Å². The third kappa shape index (κ3) is 5.30. The maximum absolute atomic E-state index is 12.0. The number of hydrogen-bond acceptors (Lipinski definition) is 6. The van der Waals surface area contributed by atoms with Crippen LogP contribution >= 0.6 is 27.7 Å². The standard InChI is InChI=1S/C20H20BrN3O4S/c1-12(25)22-20-23-24(13(2)26)19(29-20)15-6-9-17(18(10-15)27-3)28-11-14-4-7-16(21)8-5-14/h4-10,19H,11H2,1-3H3,(H,22,23,25). The van der Waals surface area contributed by atoms with E-state index >= 15 is 0 Å². The maximum Gasteiger partial charge on any atom is 0.241 e. The predicted molar refractivity (Wildman–Crippen MR) is 116 cm³/mol. The summed E-state index contributed by atoms with van der Waals surface area (Å²) < 4.78 is 12.4. The van der Waals surface area contributed by atoms with Gasteiger partial charge in [-0.1, -0.05) is 45.9 Å². The summed E-state index contributed by atoms with van der Waals surface area (Å²) in [5.41, 5.74) is 1.84. The summed E-state index contributed by atoms with van der Waals surface area (Å²) in [5, 5.41) is 8.15. The van der Waals surface area contributed by atoms with E-state index in [-0.39, 0.29) is 11.8 Å². The monoisotopic (exact) mass is 477 g/mol. The van der Waals surface area contributed by atoms with Crippen molar-refractivity contribution in [3.8, 4) is 11.5 Å². The molecular weight excluding hydrogens is 458 g/mol. The van der Waals surface area contributed by atoms with Crippen LogP contribution in [0.4, 0.5) is 0 Å². The Balaban J connectivity index is 1.77. The van der Waals surface area contributed by atoms with Crippen molar-refractivity contribution in [2.45, 2.75) is 25.8 Å². The fraction of sp³-hybridized carbons (Fsp3) is 0.250. The lowest BCUT2D eigenvalue weighted by Gasteiger charge is -2.20. The van der Waals surface area contributed by atoms with E-state index < -0.39 is 5.37 Å². The van der Waals surface area contributed by atoms with Crippen LogP contribution in [-0.4, -0.2) is 29.1 Å². The molecule has 9 heteroatoms. The van der Waals surface area contributed by atoms with Crippen molar-refractivity contribution in [2.24, 2.45) is 5.10 Å². The Morgan fingerprint density at radius 3 is 2.52 bits per heavy atom. The van der Waals surface area contributed by atoms with Crippen molar-refractivity contribution in [2.75, 3.05) is 7.11 Å². The van der Waals surface area contributed by atoms with E-state index in [1.54, 1.807) is 7.11 Å². The zero-order valence-electron chi connectivity index (χ0n) is 16.1. The average molecular weight is 478 g/mol. The van der Waals surface area contributed by atoms with Crippen LogP contribution in [0, 0.1) is 0 Å². The van der Waals surface area contributed by atoms with Crippen molar-refractivity contribution in [3.05, 3.63) is 58.1 Å². The molecule has 1 atom stereocenters. The van der Waals surface area contributed by atoms with Crippen LogP contribution in [0.1, 0.15) is 30.3 Å². The summed E-state index contributed by atoms with van der Waals surface area (Å²) in [5.74, 6) is 0.684. The highest BCUT2D eigenvalue weighted by Crippen LogP contribution is 2.41. The highest BCUT2D eigenvalue weighted by Gasteiger charge is 2.32. The first-order chi connectivity index (χ1) is 13.9.